The number of carbonyl (C=O) groups is 1. The first-order valence-electron chi connectivity index (χ1n) is 4.99. The Kier molecular flexibility index (Phi) is 3.75. The Morgan fingerprint density at radius 2 is 2.00 bits per heavy atom. The predicted molar refractivity (Wildman–Crippen MR) is 63.7 cm³/mol. The molecule has 1 aromatic carbocycles. The summed E-state index contributed by atoms with van der Waals surface area (Å²) in [5.41, 5.74) is 2.64. The van der Waals surface area contributed by atoms with Gasteiger partial charge in [-0.25, -0.2) is 0 Å². The second kappa shape index (κ2) is 4.67. The predicted octanol–water partition coefficient (Wildman–Crippen LogP) is 3.13. The molecule has 0 fully saturated rings. The van der Waals surface area contributed by atoms with Crippen molar-refractivity contribution < 1.29 is 4.79 Å². The molecule has 1 amide bonds. The fourth-order valence-electron chi connectivity index (χ4n) is 1.52. The van der Waals surface area contributed by atoms with Crippen LogP contribution in [0.1, 0.15) is 41.3 Å². The molecule has 0 heterocycles. The van der Waals surface area contributed by atoms with Crippen LogP contribution in [0.5, 0.6) is 0 Å². The van der Waals surface area contributed by atoms with E-state index in [-0.39, 0.29) is 5.91 Å². The van der Waals surface area contributed by atoms with Gasteiger partial charge in [-0.15, -0.1) is 0 Å². The lowest BCUT2D eigenvalue weighted by Crippen LogP contribution is -2.19. The Labute approximate surface area is 95.6 Å². The summed E-state index contributed by atoms with van der Waals surface area (Å²) in [7, 11) is 1.61. The SMILES string of the molecule is CNC(=O)c1cc(C)cc(C(C)C)c1Cl. The largest absolute Gasteiger partial charge is 0.355 e. The Morgan fingerprint density at radius 1 is 1.40 bits per heavy atom. The average molecular weight is 226 g/mol. The van der Waals surface area contributed by atoms with Gasteiger partial charge in [-0.3, -0.25) is 4.79 Å². The fourth-order valence-corrected chi connectivity index (χ4v) is 1.93. The molecule has 0 aliphatic heterocycles. The zero-order valence-corrected chi connectivity index (χ0v) is 10.3. The second-order valence-corrected chi connectivity index (χ2v) is 4.33. The first-order valence-corrected chi connectivity index (χ1v) is 5.37. The molecule has 1 rings (SSSR count). The van der Waals surface area contributed by atoms with Gasteiger partial charge in [0.05, 0.1) is 10.6 Å². The van der Waals surface area contributed by atoms with E-state index in [0.717, 1.165) is 11.1 Å². The first kappa shape index (κ1) is 12.1. The summed E-state index contributed by atoms with van der Waals surface area (Å²) in [6.45, 7) is 6.09. The van der Waals surface area contributed by atoms with E-state index in [1.54, 1.807) is 7.05 Å². The summed E-state index contributed by atoms with van der Waals surface area (Å²) < 4.78 is 0. The molecule has 15 heavy (non-hydrogen) atoms. The third kappa shape index (κ3) is 2.51. The van der Waals surface area contributed by atoms with Crippen molar-refractivity contribution in [1.29, 1.82) is 0 Å². The molecular formula is C12H16ClNO. The molecule has 0 aliphatic rings. The molecule has 0 bridgehead atoms. The monoisotopic (exact) mass is 225 g/mol. The highest BCUT2D eigenvalue weighted by Crippen LogP contribution is 2.28. The molecule has 3 heteroatoms. The van der Waals surface area contributed by atoms with Gasteiger partial charge in [0.15, 0.2) is 0 Å². The summed E-state index contributed by atoms with van der Waals surface area (Å²) in [5, 5.41) is 3.16. The number of nitrogens with one attached hydrogen (secondary N) is 1. The van der Waals surface area contributed by atoms with E-state index in [4.69, 9.17) is 11.6 Å². The van der Waals surface area contributed by atoms with E-state index in [0.29, 0.717) is 16.5 Å². The van der Waals surface area contributed by atoms with E-state index in [9.17, 15) is 4.79 Å². The van der Waals surface area contributed by atoms with Crippen molar-refractivity contribution in [2.75, 3.05) is 7.05 Å². The number of benzene rings is 1. The molecule has 2 nitrogen and oxygen atoms in total. The van der Waals surface area contributed by atoms with Crippen LogP contribution in [0, 0.1) is 6.92 Å². The van der Waals surface area contributed by atoms with Crippen molar-refractivity contribution in [2.24, 2.45) is 0 Å². The quantitative estimate of drug-likeness (QED) is 0.823. The lowest BCUT2D eigenvalue weighted by Gasteiger charge is -2.13. The topological polar surface area (TPSA) is 29.1 Å². The van der Waals surface area contributed by atoms with Crippen molar-refractivity contribution in [3.05, 3.63) is 33.8 Å². The summed E-state index contributed by atoms with van der Waals surface area (Å²) in [6.07, 6.45) is 0. The third-order valence-electron chi connectivity index (χ3n) is 2.34. The fraction of sp³-hybridized carbons (Fsp3) is 0.417. The van der Waals surface area contributed by atoms with Crippen molar-refractivity contribution in [3.63, 3.8) is 0 Å². The Morgan fingerprint density at radius 3 is 2.47 bits per heavy atom. The molecule has 0 unspecified atom stereocenters. The van der Waals surface area contributed by atoms with Crippen LogP contribution in [0.25, 0.3) is 0 Å². The van der Waals surface area contributed by atoms with Crippen molar-refractivity contribution in [1.82, 2.24) is 5.32 Å². The number of carbonyl (C=O) groups excluding carboxylic acids is 1. The van der Waals surface area contributed by atoms with Gasteiger partial charge in [0.1, 0.15) is 0 Å². The highest BCUT2D eigenvalue weighted by Gasteiger charge is 2.14. The van der Waals surface area contributed by atoms with Gasteiger partial charge >= 0.3 is 0 Å². The molecule has 0 aromatic heterocycles. The van der Waals surface area contributed by atoms with E-state index in [1.165, 1.54) is 0 Å². The van der Waals surface area contributed by atoms with Crippen molar-refractivity contribution in [2.45, 2.75) is 26.7 Å². The molecule has 0 spiro atoms. The first-order chi connectivity index (χ1) is 6.97. The molecule has 82 valence electrons. The average Bonchev–Trinajstić information content (AvgIpc) is 2.19. The van der Waals surface area contributed by atoms with E-state index in [2.05, 4.69) is 19.2 Å². The van der Waals surface area contributed by atoms with Gasteiger partial charge < -0.3 is 5.32 Å². The van der Waals surface area contributed by atoms with Crippen LogP contribution < -0.4 is 5.32 Å². The zero-order valence-electron chi connectivity index (χ0n) is 9.52. The maximum absolute atomic E-state index is 11.6. The maximum Gasteiger partial charge on any atom is 0.252 e. The highest BCUT2D eigenvalue weighted by atomic mass is 35.5. The molecule has 0 radical (unpaired) electrons. The van der Waals surface area contributed by atoms with Crippen LogP contribution in [-0.2, 0) is 0 Å². The summed E-state index contributed by atoms with van der Waals surface area (Å²) >= 11 is 6.19. The molecule has 1 aromatic rings. The van der Waals surface area contributed by atoms with Crippen LogP contribution in [-0.4, -0.2) is 13.0 Å². The lowest BCUT2D eigenvalue weighted by atomic mass is 9.97. The summed E-state index contributed by atoms with van der Waals surface area (Å²) in [4.78, 5) is 11.6. The standard InChI is InChI=1S/C12H16ClNO/c1-7(2)9-5-8(3)6-10(11(9)13)12(15)14-4/h5-7H,1-4H3,(H,14,15). The van der Waals surface area contributed by atoms with Crippen molar-refractivity contribution >= 4 is 17.5 Å². The summed E-state index contributed by atoms with van der Waals surface area (Å²) in [6, 6.07) is 3.84. The van der Waals surface area contributed by atoms with Gasteiger partial charge in [0.2, 0.25) is 0 Å². The number of rotatable bonds is 2. The normalized spacial score (nSPS) is 10.5. The lowest BCUT2D eigenvalue weighted by molar-refractivity contribution is 0.0963. The van der Waals surface area contributed by atoms with Crippen LogP contribution in [0.3, 0.4) is 0 Å². The Balaban J connectivity index is 3.34. The second-order valence-electron chi connectivity index (χ2n) is 3.95. The molecule has 0 saturated carbocycles. The van der Waals surface area contributed by atoms with Crippen LogP contribution >= 0.6 is 11.6 Å². The minimum atomic E-state index is -0.134. The number of aryl methyl sites for hydroxylation is 1. The van der Waals surface area contributed by atoms with Crippen LogP contribution in [0.2, 0.25) is 5.02 Å². The van der Waals surface area contributed by atoms with Gasteiger partial charge in [0.25, 0.3) is 5.91 Å². The van der Waals surface area contributed by atoms with E-state index >= 15 is 0 Å². The maximum atomic E-state index is 11.6. The third-order valence-corrected chi connectivity index (χ3v) is 2.76. The molecule has 1 N–H and O–H groups in total. The van der Waals surface area contributed by atoms with Gasteiger partial charge in [-0.1, -0.05) is 31.5 Å². The van der Waals surface area contributed by atoms with Gasteiger partial charge in [-0.05, 0) is 30.0 Å². The minimum absolute atomic E-state index is 0.134. The van der Waals surface area contributed by atoms with Crippen LogP contribution in [0.4, 0.5) is 0 Å². The number of hydrogen-bond acceptors (Lipinski definition) is 1. The van der Waals surface area contributed by atoms with E-state index in [1.807, 2.05) is 19.1 Å². The van der Waals surface area contributed by atoms with Crippen LogP contribution in [0.15, 0.2) is 12.1 Å². The Hall–Kier alpha value is -1.02. The summed E-state index contributed by atoms with van der Waals surface area (Å²) in [5.74, 6) is 0.186. The smallest absolute Gasteiger partial charge is 0.252 e. The molecule has 0 saturated heterocycles. The Bertz CT molecular complexity index is 385. The number of amides is 1. The molecule has 0 atom stereocenters. The number of hydrogen-bond donors (Lipinski definition) is 1. The highest BCUT2D eigenvalue weighted by molar-refractivity contribution is 6.34. The van der Waals surface area contributed by atoms with Gasteiger partial charge in [-0.2, -0.15) is 0 Å². The zero-order chi connectivity index (χ0) is 11.6. The minimum Gasteiger partial charge on any atom is -0.355 e. The number of halogens is 1. The molecular weight excluding hydrogens is 210 g/mol. The van der Waals surface area contributed by atoms with Gasteiger partial charge in [0, 0.05) is 7.05 Å². The van der Waals surface area contributed by atoms with E-state index < -0.39 is 0 Å². The molecule has 0 aliphatic carbocycles. The van der Waals surface area contributed by atoms with Crippen molar-refractivity contribution in [3.8, 4) is 0 Å².